The van der Waals surface area contributed by atoms with Crippen LogP contribution in [0.25, 0.3) is 22.2 Å². The van der Waals surface area contributed by atoms with Gasteiger partial charge in [-0.25, -0.2) is 4.98 Å². The lowest BCUT2D eigenvalue weighted by Gasteiger charge is -2.01. The van der Waals surface area contributed by atoms with E-state index in [1.807, 2.05) is 24.5 Å². The van der Waals surface area contributed by atoms with Gasteiger partial charge in [0, 0.05) is 30.0 Å². The SMILES string of the molecule is O=CCCCCCCc1ncc(-c2ccc3ncccc3c2)[nH]1. The number of aromatic nitrogens is 3. The summed E-state index contributed by atoms with van der Waals surface area (Å²) in [6.07, 6.45) is 10.7. The van der Waals surface area contributed by atoms with Gasteiger partial charge >= 0.3 is 0 Å². The first kappa shape index (κ1) is 15.4. The van der Waals surface area contributed by atoms with Crippen molar-refractivity contribution in [2.24, 2.45) is 0 Å². The summed E-state index contributed by atoms with van der Waals surface area (Å²) in [5.41, 5.74) is 3.19. The number of aldehydes is 1. The van der Waals surface area contributed by atoms with E-state index in [9.17, 15) is 4.79 Å². The fraction of sp³-hybridized carbons (Fsp3) is 0.316. The lowest BCUT2D eigenvalue weighted by atomic mass is 10.1. The molecule has 2 aromatic heterocycles. The summed E-state index contributed by atoms with van der Waals surface area (Å²) in [7, 11) is 0. The number of nitrogens with zero attached hydrogens (tertiary/aromatic N) is 2. The fourth-order valence-corrected chi connectivity index (χ4v) is 2.75. The van der Waals surface area contributed by atoms with Crippen LogP contribution in [0.3, 0.4) is 0 Å². The van der Waals surface area contributed by atoms with Crippen LogP contribution in [-0.2, 0) is 11.2 Å². The Morgan fingerprint density at radius 2 is 1.96 bits per heavy atom. The molecule has 118 valence electrons. The van der Waals surface area contributed by atoms with Crippen LogP contribution in [0.2, 0.25) is 0 Å². The molecule has 2 heterocycles. The standard InChI is InChI=1S/C19H21N3O/c23-12-5-3-1-2-4-8-19-21-14-18(22-19)16-9-10-17-15(13-16)7-6-11-20-17/h6-7,9-14H,1-5,8H2,(H,21,22). The molecule has 0 bridgehead atoms. The van der Waals surface area contributed by atoms with Crippen LogP contribution in [0, 0.1) is 0 Å². The predicted octanol–water partition coefficient (Wildman–Crippen LogP) is 4.32. The number of hydrogen-bond donors (Lipinski definition) is 1. The maximum Gasteiger partial charge on any atom is 0.119 e. The van der Waals surface area contributed by atoms with Crippen molar-refractivity contribution in [3.63, 3.8) is 0 Å². The summed E-state index contributed by atoms with van der Waals surface area (Å²) in [5, 5.41) is 1.14. The fourth-order valence-electron chi connectivity index (χ4n) is 2.75. The Bertz CT molecular complexity index is 779. The molecule has 0 saturated heterocycles. The summed E-state index contributed by atoms with van der Waals surface area (Å²) in [6.45, 7) is 0. The number of unbranched alkanes of at least 4 members (excludes halogenated alkanes) is 4. The molecule has 0 radical (unpaired) electrons. The van der Waals surface area contributed by atoms with E-state index >= 15 is 0 Å². The van der Waals surface area contributed by atoms with Gasteiger partial charge in [-0.2, -0.15) is 0 Å². The van der Waals surface area contributed by atoms with Crippen molar-refractivity contribution in [2.45, 2.75) is 38.5 Å². The van der Waals surface area contributed by atoms with Crippen LogP contribution in [0.5, 0.6) is 0 Å². The van der Waals surface area contributed by atoms with E-state index in [1.165, 1.54) is 0 Å². The Labute approximate surface area is 136 Å². The van der Waals surface area contributed by atoms with Gasteiger partial charge in [0.05, 0.1) is 17.4 Å². The molecule has 4 nitrogen and oxygen atoms in total. The van der Waals surface area contributed by atoms with E-state index in [1.54, 1.807) is 0 Å². The van der Waals surface area contributed by atoms with Gasteiger partial charge in [0.15, 0.2) is 0 Å². The molecule has 4 heteroatoms. The lowest BCUT2D eigenvalue weighted by Crippen LogP contribution is -1.89. The van der Waals surface area contributed by atoms with Gasteiger partial charge in [-0.3, -0.25) is 4.98 Å². The molecule has 0 fully saturated rings. The van der Waals surface area contributed by atoms with E-state index in [2.05, 4.69) is 33.2 Å². The molecule has 0 unspecified atom stereocenters. The zero-order valence-electron chi connectivity index (χ0n) is 13.2. The molecular weight excluding hydrogens is 286 g/mol. The second-order valence-electron chi connectivity index (χ2n) is 5.77. The van der Waals surface area contributed by atoms with Gasteiger partial charge in [0.2, 0.25) is 0 Å². The molecule has 1 aromatic carbocycles. The van der Waals surface area contributed by atoms with Gasteiger partial charge in [-0.05, 0) is 31.0 Å². The second kappa shape index (κ2) is 7.68. The minimum absolute atomic E-state index is 0.682. The normalized spacial score (nSPS) is 11.0. The number of H-pyrrole nitrogens is 1. The lowest BCUT2D eigenvalue weighted by molar-refractivity contribution is -0.107. The smallest absolute Gasteiger partial charge is 0.119 e. The Hall–Kier alpha value is -2.49. The number of carbonyl (C=O) groups is 1. The zero-order valence-corrected chi connectivity index (χ0v) is 13.2. The van der Waals surface area contributed by atoms with Crippen molar-refractivity contribution in [1.29, 1.82) is 0 Å². The molecule has 0 atom stereocenters. The molecule has 0 aliphatic heterocycles. The summed E-state index contributed by atoms with van der Waals surface area (Å²) >= 11 is 0. The summed E-state index contributed by atoms with van der Waals surface area (Å²) in [4.78, 5) is 22.5. The number of carbonyl (C=O) groups excluding carboxylic acids is 1. The average molecular weight is 307 g/mol. The number of hydrogen-bond acceptors (Lipinski definition) is 3. The van der Waals surface area contributed by atoms with Gasteiger partial charge < -0.3 is 9.78 Å². The first-order valence-electron chi connectivity index (χ1n) is 8.19. The van der Waals surface area contributed by atoms with Crippen LogP contribution < -0.4 is 0 Å². The zero-order chi connectivity index (χ0) is 15.9. The molecule has 0 aliphatic carbocycles. The number of rotatable bonds is 8. The number of pyridine rings is 1. The Morgan fingerprint density at radius 1 is 1.04 bits per heavy atom. The van der Waals surface area contributed by atoms with E-state index in [0.29, 0.717) is 6.42 Å². The maximum atomic E-state index is 10.3. The highest BCUT2D eigenvalue weighted by Crippen LogP contribution is 2.22. The van der Waals surface area contributed by atoms with Crippen LogP contribution in [-0.4, -0.2) is 21.2 Å². The van der Waals surface area contributed by atoms with Crippen molar-refractivity contribution in [1.82, 2.24) is 15.0 Å². The minimum Gasteiger partial charge on any atom is -0.342 e. The molecule has 3 rings (SSSR count). The molecule has 0 aliphatic rings. The first-order valence-corrected chi connectivity index (χ1v) is 8.19. The molecule has 23 heavy (non-hydrogen) atoms. The third-order valence-corrected chi connectivity index (χ3v) is 4.03. The molecule has 1 N–H and O–H groups in total. The Kier molecular flexibility index (Phi) is 5.14. The summed E-state index contributed by atoms with van der Waals surface area (Å²) < 4.78 is 0. The topological polar surface area (TPSA) is 58.6 Å². The molecular formula is C19H21N3O. The molecule has 0 spiro atoms. The van der Waals surface area contributed by atoms with Crippen molar-refractivity contribution in [3.8, 4) is 11.3 Å². The Morgan fingerprint density at radius 3 is 2.87 bits per heavy atom. The van der Waals surface area contributed by atoms with Gasteiger partial charge in [-0.1, -0.05) is 25.0 Å². The largest absolute Gasteiger partial charge is 0.342 e. The van der Waals surface area contributed by atoms with E-state index < -0.39 is 0 Å². The highest BCUT2D eigenvalue weighted by molar-refractivity contribution is 5.83. The molecule has 3 aromatic rings. The van der Waals surface area contributed by atoms with Crippen LogP contribution in [0.4, 0.5) is 0 Å². The highest BCUT2D eigenvalue weighted by atomic mass is 16.1. The number of fused-ring (bicyclic) bond motifs is 1. The first-order chi connectivity index (χ1) is 11.4. The molecule has 0 amide bonds. The number of aromatic amines is 1. The number of benzene rings is 1. The van der Waals surface area contributed by atoms with E-state index in [-0.39, 0.29) is 0 Å². The third kappa shape index (κ3) is 4.03. The number of aryl methyl sites for hydroxylation is 1. The molecule has 0 saturated carbocycles. The third-order valence-electron chi connectivity index (χ3n) is 4.03. The highest BCUT2D eigenvalue weighted by Gasteiger charge is 2.04. The Balaban J connectivity index is 1.60. The van der Waals surface area contributed by atoms with Gasteiger partial charge in [0.25, 0.3) is 0 Å². The van der Waals surface area contributed by atoms with Crippen molar-refractivity contribution < 1.29 is 4.79 Å². The van der Waals surface area contributed by atoms with Crippen LogP contribution >= 0.6 is 0 Å². The van der Waals surface area contributed by atoms with Crippen molar-refractivity contribution in [2.75, 3.05) is 0 Å². The van der Waals surface area contributed by atoms with Gasteiger partial charge in [-0.15, -0.1) is 0 Å². The van der Waals surface area contributed by atoms with Gasteiger partial charge in [0.1, 0.15) is 12.1 Å². The quantitative estimate of drug-likeness (QED) is 0.498. The maximum absolute atomic E-state index is 10.3. The monoisotopic (exact) mass is 307 g/mol. The number of nitrogens with one attached hydrogen (secondary N) is 1. The van der Waals surface area contributed by atoms with Crippen LogP contribution in [0.15, 0.2) is 42.7 Å². The van der Waals surface area contributed by atoms with E-state index in [4.69, 9.17) is 0 Å². The summed E-state index contributed by atoms with van der Waals surface area (Å²) in [6, 6.07) is 10.3. The minimum atomic E-state index is 0.682. The van der Waals surface area contributed by atoms with Crippen molar-refractivity contribution in [3.05, 3.63) is 48.5 Å². The predicted molar refractivity (Wildman–Crippen MR) is 92.2 cm³/mol. The van der Waals surface area contributed by atoms with Crippen LogP contribution in [0.1, 0.15) is 37.9 Å². The van der Waals surface area contributed by atoms with Crippen molar-refractivity contribution >= 4 is 17.2 Å². The summed E-state index contributed by atoms with van der Waals surface area (Å²) in [5.74, 6) is 1.03. The number of imidazole rings is 1. The average Bonchev–Trinajstić information content (AvgIpc) is 3.06. The van der Waals surface area contributed by atoms with E-state index in [0.717, 1.165) is 66.4 Å². The second-order valence-corrected chi connectivity index (χ2v) is 5.77.